The number of nitro groups is 1. The minimum Gasteiger partial charge on any atom is -0.496 e. The molecular weight excluding hydrogens is 561 g/mol. The van der Waals surface area contributed by atoms with E-state index in [0.717, 1.165) is 19.9 Å². The lowest BCUT2D eigenvalue weighted by Crippen LogP contribution is -2.18. The summed E-state index contributed by atoms with van der Waals surface area (Å²) < 4.78 is 12.0. The molecular formula is C26H20IN3O5. The van der Waals surface area contributed by atoms with Gasteiger partial charge in [0.1, 0.15) is 18.1 Å². The molecule has 0 aliphatic carbocycles. The van der Waals surface area contributed by atoms with Gasteiger partial charge in [-0.2, -0.15) is 5.10 Å². The molecule has 0 fully saturated rings. The van der Waals surface area contributed by atoms with Gasteiger partial charge in [0.25, 0.3) is 11.6 Å². The highest BCUT2D eigenvalue weighted by molar-refractivity contribution is 14.1. The molecule has 0 aromatic heterocycles. The van der Waals surface area contributed by atoms with Crippen LogP contribution in [0.4, 0.5) is 5.69 Å². The Hall–Kier alpha value is -3.99. The van der Waals surface area contributed by atoms with Crippen molar-refractivity contribution in [1.29, 1.82) is 0 Å². The van der Waals surface area contributed by atoms with Crippen LogP contribution in [0, 0.1) is 13.7 Å². The van der Waals surface area contributed by atoms with E-state index in [4.69, 9.17) is 9.47 Å². The predicted molar refractivity (Wildman–Crippen MR) is 142 cm³/mol. The number of halogens is 1. The number of rotatable bonds is 8. The molecule has 9 heteroatoms. The largest absolute Gasteiger partial charge is 0.496 e. The number of benzene rings is 4. The highest BCUT2D eigenvalue weighted by Crippen LogP contribution is 2.26. The first-order valence-corrected chi connectivity index (χ1v) is 11.6. The van der Waals surface area contributed by atoms with Crippen molar-refractivity contribution in [3.05, 3.63) is 109 Å². The molecule has 1 N–H and O–H groups in total. The number of carbonyl (C=O) groups excluding carboxylic acids is 1. The molecule has 8 nitrogen and oxygen atoms in total. The fourth-order valence-electron chi connectivity index (χ4n) is 3.43. The first-order chi connectivity index (χ1) is 16.9. The fourth-order valence-corrected chi connectivity index (χ4v) is 4.12. The number of methoxy groups -OCH3 is 1. The number of carbonyl (C=O) groups is 1. The van der Waals surface area contributed by atoms with E-state index in [1.807, 2.05) is 36.4 Å². The number of fused-ring (bicyclic) bond motifs is 1. The first kappa shape index (κ1) is 24.1. The molecule has 0 aliphatic rings. The van der Waals surface area contributed by atoms with Gasteiger partial charge in [-0.1, -0.05) is 36.4 Å². The third-order valence-corrected chi connectivity index (χ3v) is 6.01. The normalized spacial score (nSPS) is 10.9. The highest BCUT2D eigenvalue weighted by Gasteiger charge is 2.13. The molecule has 4 aromatic rings. The Kier molecular flexibility index (Phi) is 7.56. The Balaban J connectivity index is 1.40. The van der Waals surface area contributed by atoms with Gasteiger partial charge in [0.15, 0.2) is 0 Å². The smallest absolute Gasteiger partial charge is 0.275 e. The number of hydrogen-bond acceptors (Lipinski definition) is 6. The molecule has 1 amide bonds. The average molecular weight is 581 g/mol. The minimum atomic E-state index is -0.434. The van der Waals surface area contributed by atoms with Crippen molar-refractivity contribution < 1.29 is 19.2 Å². The van der Waals surface area contributed by atoms with Crippen LogP contribution in [0.1, 0.15) is 21.5 Å². The summed E-state index contributed by atoms with van der Waals surface area (Å²) in [6, 6.07) is 23.1. The SMILES string of the molecule is COc1cc2ccccc2cc1C(=O)N/N=C\c1ccc(OCc2cccc([N+](=O)[O-])c2)c(I)c1. The molecule has 4 rings (SSSR count). The number of ether oxygens (including phenoxy) is 2. The number of non-ortho nitro benzene ring substituents is 1. The van der Waals surface area contributed by atoms with Crippen LogP contribution < -0.4 is 14.9 Å². The number of hydrazone groups is 1. The molecule has 0 atom stereocenters. The van der Waals surface area contributed by atoms with Crippen LogP contribution in [-0.2, 0) is 6.61 Å². The predicted octanol–water partition coefficient (Wildman–Crippen LogP) is 5.70. The zero-order chi connectivity index (χ0) is 24.8. The van der Waals surface area contributed by atoms with Gasteiger partial charge in [0.05, 0.1) is 27.4 Å². The van der Waals surface area contributed by atoms with Gasteiger partial charge in [-0.05, 0) is 74.8 Å². The first-order valence-electron chi connectivity index (χ1n) is 10.5. The van der Waals surface area contributed by atoms with Crippen LogP contribution in [0.25, 0.3) is 10.8 Å². The third-order valence-electron chi connectivity index (χ3n) is 5.16. The fraction of sp³-hybridized carbons (Fsp3) is 0.0769. The van der Waals surface area contributed by atoms with Crippen molar-refractivity contribution in [3.63, 3.8) is 0 Å². The van der Waals surface area contributed by atoms with Crippen molar-refractivity contribution in [1.82, 2.24) is 5.43 Å². The minimum absolute atomic E-state index is 0.0238. The lowest BCUT2D eigenvalue weighted by atomic mass is 10.1. The molecule has 176 valence electrons. The van der Waals surface area contributed by atoms with Crippen molar-refractivity contribution in [2.45, 2.75) is 6.61 Å². The standard InChI is InChI=1S/C26H20IN3O5/c1-34-25-14-20-7-3-2-6-19(20)13-22(25)26(31)29-28-15-17-9-10-24(23(27)12-17)35-16-18-5-4-8-21(11-18)30(32)33/h2-15H,16H2,1H3,(H,29,31)/b28-15-. The Morgan fingerprint density at radius 2 is 1.80 bits per heavy atom. The molecule has 0 spiro atoms. The molecule has 0 radical (unpaired) electrons. The number of hydrogen-bond donors (Lipinski definition) is 1. The average Bonchev–Trinajstić information content (AvgIpc) is 2.87. The summed E-state index contributed by atoms with van der Waals surface area (Å²) in [5.74, 6) is 0.728. The van der Waals surface area contributed by atoms with E-state index in [1.54, 1.807) is 30.3 Å². The molecule has 35 heavy (non-hydrogen) atoms. The molecule has 0 saturated heterocycles. The second kappa shape index (κ2) is 11.0. The monoisotopic (exact) mass is 581 g/mol. The van der Waals surface area contributed by atoms with Crippen LogP contribution in [0.3, 0.4) is 0 Å². The maximum Gasteiger partial charge on any atom is 0.275 e. The van der Waals surface area contributed by atoms with Gasteiger partial charge >= 0.3 is 0 Å². The zero-order valence-electron chi connectivity index (χ0n) is 18.6. The summed E-state index contributed by atoms with van der Waals surface area (Å²) in [5, 5.41) is 16.9. The maximum absolute atomic E-state index is 12.7. The Morgan fingerprint density at radius 1 is 1.03 bits per heavy atom. The molecule has 0 unspecified atom stereocenters. The van der Waals surface area contributed by atoms with Gasteiger partial charge in [-0.15, -0.1) is 0 Å². The van der Waals surface area contributed by atoms with Gasteiger partial charge < -0.3 is 9.47 Å². The lowest BCUT2D eigenvalue weighted by Gasteiger charge is -2.10. The van der Waals surface area contributed by atoms with E-state index < -0.39 is 4.92 Å². The Labute approximate surface area is 214 Å². The molecule has 0 heterocycles. The summed E-state index contributed by atoms with van der Waals surface area (Å²) in [6.45, 7) is 0.203. The van der Waals surface area contributed by atoms with Gasteiger partial charge in [-0.3, -0.25) is 14.9 Å². The maximum atomic E-state index is 12.7. The van der Waals surface area contributed by atoms with Crippen LogP contribution in [-0.4, -0.2) is 24.2 Å². The summed E-state index contributed by atoms with van der Waals surface area (Å²) in [4.78, 5) is 23.2. The highest BCUT2D eigenvalue weighted by atomic mass is 127. The number of amides is 1. The molecule has 0 saturated carbocycles. The quantitative estimate of drug-likeness (QED) is 0.124. The van der Waals surface area contributed by atoms with E-state index in [1.165, 1.54) is 25.5 Å². The van der Waals surface area contributed by atoms with E-state index in [2.05, 4.69) is 33.1 Å². The number of nitrogens with zero attached hydrogens (tertiary/aromatic N) is 2. The van der Waals surface area contributed by atoms with Crippen LogP contribution in [0.2, 0.25) is 0 Å². The number of nitrogens with one attached hydrogen (secondary N) is 1. The lowest BCUT2D eigenvalue weighted by molar-refractivity contribution is -0.384. The van der Waals surface area contributed by atoms with Crippen LogP contribution in [0.5, 0.6) is 11.5 Å². The second-order valence-electron chi connectivity index (χ2n) is 7.50. The summed E-state index contributed by atoms with van der Waals surface area (Å²) in [7, 11) is 1.52. The second-order valence-corrected chi connectivity index (χ2v) is 8.67. The third kappa shape index (κ3) is 5.93. The van der Waals surface area contributed by atoms with Crippen LogP contribution >= 0.6 is 22.6 Å². The summed E-state index contributed by atoms with van der Waals surface area (Å²) in [5.41, 5.74) is 4.43. The van der Waals surface area contributed by atoms with E-state index in [-0.39, 0.29) is 18.2 Å². The Bertz CT molecular complexity index is 1440. The molecule has 4 aromatic carbocycles. The van der Waals surface area contributed by atoms with Crippen molar-refractivity contribution >= 4 is 51.2 Å². The summed E-state index contributed by atoms with van der Waals surface area (Å²) in [6.07, 6.45) is 1.54. The topological polar surface area (TPSA) is 103 Å². The van der Waals surface area contributed by atoms with Crippen molar-refractivity contribution in [2.24, 2.45) is 5.10 Å². The van der Waals surface area contributed by atoms with E-state index in [0.29, 0.717) is 22.6 Å². The summed E-state index contributed by atoms with van der Waals surface area (Å²) >= 11 is 2.14. The van der Waals surface area contributed by atoms with Crippen molar-refractivity contribution in [3.8, 4) is 11.5 Å². The van der Waals surface area contributed by atoms with E-state index in [9.17, 15) is 14.9 Å². The van der Waals surface area contributed by atoms with Gasteiger partial charge in [0, 0.05) is 12.1 Å². The number of nitro benzene ring substituents is 1. The van der Waals surface area contributed by atoms with Crippen LogP contribution in [0.15, 0.2) is 84.0 Å². The van der Waals surface area contributed by atoms with Crippen molar-refractivity contribution in [2.75, 3.05) is 7.11 Å². The zero-order valence-corrected chi connectivity index (χ0v) is 20.8. The Morgan fingerprint density at radius 3 is 2.51 bits per heavy atom. The van der Waals surface area contributed by atoms with Gasteiger partial charge in [0.2, 0.25) is 0 Å². The van der Waals surface area contributed by atoms with Gasteiger partial charge in [-0.25, -0.2) is 5.43 Å². The molecule has 0 aliphatic heterocycles. The molecule has 0 bridgehead atoms. The van der Waals surface area contributed by atoms with E-state index >= 15 is 0 Å².